The number of aromatic nitrogens is 4. The van der Waals surface area contributed by atoms with Gasteiger partial charge in [-0.25, -0.2) is 9.97 Å². The van der Waals surface area contributed by atoms with E-state index in [0.717, 1.165) is 5.56 Å². The van der Waals surface area contributed by atoms with Crippen molar-refractivity contribution in [3.8, 4) is 17.3 Å². The molecule has 34 heavy (non-hydrogen) atoms. The smallest absolute Gasteiger partial charge is 0.271 e. The quantitative estimate of drug-likeness (QED) is 0.451. The normalized spacial score (nSPS) is 13.3. The largest absolute Gasteiger partial charge is 0.378 e. The van der Waals surface area contributed by atoms with Gasteiger partial charge in [0, 0.05) is 24.3 Å². The van der Waals surface area contributed by atoms with Crippen LogP contribution in [0.5, 0.6) is 0 Å². The van der Waals surface area contributed by atoms with E-state index in [0.29, 0.717) is 64.4 Å². The summed E-state index contributed by atoms with van der Waals surface area (Å²) in [4.78, 5) is 36.5. The molecule has 1 amide bonds. The Balaban J connectivity index is 1.41. The van der Waals surface area contributed by atoms with Gasteiger partial charge in [0.25, 0.3) is 11.7 Å². The highest BCUT2D eigenvalue weighted by atomic mass is 32.1. The summed E-state index contributed by atoms with van der Waals surface area (Å²) in [6.07, 6.45) is 3.03. The van der Waals surface area contributed by atoms with Gasteiger partial charge in [0.2, 0.25) is 0 Å². The first kappa shape index (κ1) is 21.4. The summed E-state index contributed by atoms with van der Waals surface area (Å²) in [5.74, 6) is -0.154. The molecule has 0 unspecified atom stereocenters. The molecule has 1 saturated heterocycles. The number of ether oxygens (including phenoxy) is 1. The predicted molar refractivity (Wildman–Crippen MR) is 127 cm³/mol. The molecular weight excluding hydrogens is 452 g/mol. The van der Waals surface area contributed by atoms with Gasteiger partial charge in [0.15, 0.2) is 15.6 Å². The number of carbonyl (C=O) groups is 1. The highest BCUT2D eigenvalue weighted by molar-refractivity contribution is 7.21. The van der Waals surface area contributed by atoms with Crippen LogP contribution in [0.4, 0.5) is 16.6 Å². The highest BCUT2D eigenvalue weighted by Crippen LogP contribution is 2.29. The number of rotatable bonds is 4. The van der Waals surface area contributed by atoms with Gasteiger partial charge in [0.1, 0.15) is 11.8 Å². The first-order chi connectivity index (χ1) is 16.6. The molecule has 11 heteroatoms. The average molecular weight is 469 g/mol. The average Bonchev–Trinajstić information content (AvgIpc) is 3.30. The topological polar surface area (TPSA) is 121 Å². The van der Waals surface area contributed by atoms with Crippen LogP contribution in [0.15, 0.2) is 42.7 Å². The van der Waals surface area contributed by atoms with E-state index in [4.69, 9.17) is 16.6 Å². The molecule has 1 aromatic carbocycles. The highest BCUT2D eigenvalue weighted by Gasteiger charge is 2.22. The summed E-state index contributed by atoms with van der Waals surface area (Å²) in [5, 5.41) is 12.1. The van der Waals surface area contributed by atoms with Crippen LogP contribution in [0, 0.1) is 17.9 Å². The molecule has 1 N–H and O–H groups in total. The van der Waals surface area contributed by atoms with Crippen molar-refractivity contribution in [3.05, 3.63) is 65.3 Å². The van der Waals surface area contributed by atoms with E-state index < -0.39 is 0 Å². The Morgan fingerprint density at radius 1 is 1.18 bits per heavy atom. The second kappa shape index (κ2) is 9.19. The van der Waals surface area contributed by atoms with Crippen LogP contribution in [0.2, 0.25) is 0 Å². The summed E-state index contributed by atoms with van der Waals surface area (Å²) in [6, 6.07) is 10.8. The zero-order valence-electron chi connectivity index (χ0n) is 17.7. The molecule has 4 heterocycles. The number of nitrogens with one attached hydrogen (secondary N) is 1. The van der Waals surface area contributed by atoms with E-state index >= 15 is 0 Å². The van der Waals surface area contributed by atoms with Gasteiger partial charge >= 0.3 is 0 Å². The van der Waals surface area contributed by atoms with Crippen molar-refractivity contribution in [1.29, 1.82) is 5.26 Å². The van der Waals surface area contributed by atoms with Gasteiger partial charge in [0.05, 0.1) is 36.7 Å². The van der Waals surface area contributed by atoms with Crippen LogP contribution < -0.4 is 10.2 Å². The third kappa shape index (κ3) is 4.26. The fourth-order valence-corrected chi connectivity index (χ4v) is 4.32. The molecule has 1 fully saturated rings. The number of carbonyl (C=O) groups excluding carboxylic acids is 1. The second-order valence-electron chi connectivity index (χ2n) is 7.32. The third-order valence-electron chi connectivity index (χ3n) is 5.23. The van der Waals surface area contributed by atoms with Crippen LogP contribution in [0.1, 0.15) is 15.9 Å². The number of hydrogen-bond donors (Lipinski definition) is 1. The molecule has 0 spiro atoms. The van der Waals surface area contributed by atoms with Gasteiger partial charge < -0.3 is 14.5 Å². The van der Waals surface area contributed by atoms with Crippen molar-refractivity contribution in [1.82, 2.24) is 19.9 Å². The van der Waals surface area contributed by atoms with Gasteiger partial charge in [-0.3, -0.25) is 10.1 Å². The molecule has 1 aliphatic heterocycles. The van der Waals surface area contributed by atoms with Gasteiger partial charge in [-0.05, 0) is 18.2 Å². The zero-order valence-corrected chi connectivity index (χ0v) is 18.5. The van der Waals surface area contributed by atoms with Crippen molar-refractivity contribution in [2.45, 2.75) is 0 Å². The number of nitrogens with zero attached hydrogens (tertiary/aromatic N) is 7. The Morgan fingerprint density at radius 2 is 1.97 bits per heavy atom. The van der Waals surface area contributed by atoms with Gasteiger partial charge in [-0.2, -0.15) is 10.2 Å². The minimum Gasteiger partial charge on any atom is -0.378 e. The van der Waals surface area contributed by atoms with E-state index in [1.807, 2.05) is 17.0 Å². The molecule has 5 rings (SSSR count). The molecule has 166 valence electrons. The van der Waals surface area contributed by atoms with E-state index in [1.165, 1.54) is 17.5 Å². The van der Waals surface area contributed by atoms with Gasteiger partial charge in [-0.1, -0.05) is 30.0 Å². The summed E-state index contributed by atoms with van der Waals surface area (Å²) < 4.78 is 5.41. The van der Waals surface area contributed by atoms with Crippen LogP contribution >= 0.6 is 11.3 Å². The molecule has 3 aromatic heterocycles. The summed E-state index contributed by atoms with van der Waals surface area (Å²) >= 11 is 1.21. The maximum atomic E-state index is 13.1. The van der Waals surface area contributed by atoms with Crippen LogP contribution in [-0.4, -0.2) is 52.1 Å². The molecular formula is C23H16N8O2S. The van der Waals surface area contributed by atoms with Crippen LogP contribution in [0.3, 0.4) is 0 Å². The molecule has 0 saturated carbocycles. The molecule has 0 bridgehead atoms. The number of anilines is 2. The monoisotopic (exact) mass is 468 g/mol. The molecule has 1 aliphatic rings. The van der Waals surface area contributed by atoms with Crippen molar-refractivity contribution in [2.24, 2.45) is 0 Å². The number of hydrogen-bond acceptors (Lipinski definition) is 9. The molecule has 0 aliphatic carbocycles. The second-order valence-corrected chi connectivity index (χ2v) is 8.29. The maximum absolute atomic E-state index is 13.1. The van der Waals surface area contributed by atoms with E-state index in [9.17, 15) is 4.79 Å². The number of thiazole rings is 1. The number of nitriles is 1. The Hall–Kier alpha value is -4.45. The maximum Gasteiger partial charge on any atom is 0.271 e. The lowest BCUT2D eigenvalue weighted by Gasteiger charge is -2.30. The van der Waals surface area contributed by atoms with Crippen molar-refractivity contribution >= 4 is 44.4 Å². The summed E-state index contributed by atoms with van der Waals surface area (Å²) in [7, 11) is 0. The van der Waals surface area contributed by atoms with E-state index in [2.05, 4.69) is 36.2 Å². The number of benzene rings is 1. The number of fused-ring (bicyclic) bond motifs is 1. The number of morpholine rings is 1. The lowest BCUT2D eigenvalue weighted by Crippen LogP contribution is -2.37. The fourth-order valence-electron chi connectivity index (χ4n) is 3.53. The lowest BCUT2D eigenvalue weighted by molar-refractivity contribution is 0.102. The first-order valence-electron chi connectivity index (χ1n) is 10.3. The number of amides is 1. The fraction of sp³-hybridized carbons (Fsp3) is 0.174. The van der Waals surface area contributed by atoms with Crippen LogP contribution in [0.25, 0.3) is 26.6 Å². The summed E-state index contributed by atoms with van der Waals surface area (Å²) in [6.45, 7) is 9.59. The van der Waals surface area contributed by atoms with Crippen LogP contribution in [-0.2, 0) is 4.74 Å². The molecule has 4 aromatic rings. The Labute approximate surface area is 198 Å². The standard InChI is InChI=1S/C23H16N8O2S/c1-25-19-10-18(31-6-8-33-9-7-31)16(12-26-19)21(32)30-23-29-20-22(34-23)28-17(13-27-20)15-4-2-14(11-24)3-5-15/h2-5,10,12-13H,6-9H2,(H,27,29,30,32). The van der Waals surface area contributed by atoms with E-state index in [-0.39, 0.29) is 11.7 Å². The minimum atomic E-state index is -0.378. The molecule has 10 nitrogen and oxygen atoms in total. The SMILES string of the molecule is [C-]#[N+]c1cc(N2CCOCC2)c(C(=O)Nc2nc3ncc(-c4ccc(C#N)cc4)nc3s2)cn1. The van der Waals surface area contributed by atoms with Crippen molar-refractivity contribution < 1.29 is 9.53 Å². The third-order valence-corrected chi connectivity index (χ3v) is 6.09. The Kier molecular flexibility index (Phi) is 5.79. The Morgan fingerprint density at radius 3 is 2.71 bits per heavy atom. The lowest BCUT2D eigenvalue weighted by atomic mass is 10.1. The molecule has 0 atom stereocenters. The summed E-state index contributed by atoms with van der Waals surface area (Å²) in [5.41, 5.74) is 3.46. The first-order valence-corrected chi connectivity index (χ1v) is 11.1. The predicted octanol–water partition coefficient (Wildman–Crippen LogP) is 3.66. The molecule has 0 radical (unpaired) electrons. The van der Waals surface area contributed by atoms with E-state index in [1.54, 1.807) is 24.4 Å². The Bertz CT molecular complexity index is 1460. The zero-order chi connectivity index (χ0) is 23.5. The van der Waals surface area contributed by atoms with Gasteiger partial charge in [-0.15, -0.1) is 4.98 Å². The van der Waals surface area contributed by atoms with Crippen molar-refractivity contribution in [3.63, 3.8) is 0 Å². The number of pyridine rings is 1. The van der Waals surface area contributed by atoms with Crippen molar-refractivity contribution in [2.75, 3.05) is 36.5 Å². The minimum absolute atomic E-state index is 0.224.